The van der Waals surface area contributed by atoms with E-state index in [1.54, 1.807) is 6.92 Å². The summed E-state index contributed by atoms with van der Waals surface area (Å²) in [6.45, 7) is 8.74. The number of rotatable bonds is 4. The summed E-state index contributed by atoms with van der Waals surface area (Å²) in [5, 5.41) is 0. The van der Waals surface area contributed by atoms with Crippen LogP contribution in [0.2, 0.25) is 0 Å². The molecule has 19 heavy (non-hydrogen) atoms. The Balaban J connectivity index is 2.74. The Morgan fingerprint density at radius 1 is 1.21 bits per heavy atom. The van der Waals surface area contributed by atoms with Crippen molar-refractivity contribution in [3.05, 3.63) is 0 Å². The molecular weight excluding hydrogens is 234 g/mol. The van der Waals surface area contributed by atoms with Crippen LogP contribution in [0.4, 0.5) is 0 Å². The normalized spacial score (nSPS) is 32.5. The number of nitrogens with zero attached hydrogens (tertiary/aromatic N) is 1. The molecule has 0 radical (unpaired) electrons. The molecule has 0 aliphatic heterocycles. The van der Waals surface area contributed by atoms with Gasteiger partial charge in [0.2, 0.25) is 5.91 Å². The molecule has 0 heterocycles. The van der Waals surface area contributed by atoms with Crippen molar-refractivity contribution in [1.82, 2.24) is 4.90 Å². The fourth-order valence-corrected chi connectivity index (χ4v) is 3.75. The minimum Gasteiger partial charge on any atom is -0.343 e. The van der Waals surface area contributed by atoms with Crippen molar-refractivity contribution in [1.29, 1.82) is 0 Å². The van der Waals surface area contributed by atoms with Crippen LogP contribution in [0.25, 0.3) is 0 Å². The van der Waals surface area contributed by atoms with E-state index < -0.39 is 0 Å². The summed E-state index contributed by atoms with van der Waals surface area (Å²) in [6, 6.07) is 0.467. The first-order chi connectivity index (χ1) is 8.99. The maximum absolute atomic E-state index is 11.6. The molecule has 1 rings (SSSR count). The first kappa shape index (κ1) is 16.5. The van der Waals surface area contributed by atoms with E-state index in [0.29, 0.717) is 6.04 Å². The molecule has 0 saturated heterocycles. The minimum atomic E-state index is 0.223. The maximum Gasteiger partial charge on any atom is 0.219 e. The predicted molar refractivity (Wildman–Crippen MR) is 82.0 cm³/mol. The summed E-state index contributed by atoms with van der Waals surface area (Å²) in [6.07, 6.45) is 8.95. The summed E-state index contributed by atoms with van der Waals surface area (Å²) in [4.78, 5) is 13.6. The lowest BCUT2D eigenvalue weighted by atomic mass is 9.74. The van der Waals surface area contributed by atoms with E-state index in [2.05, 4.69) is 20.8 Å². The molecule has 112 valence electrons. The lowest BCUT2D eigenvalue weighted by Gasteiger charge is -2.37. The average Bonchev–Trinajstić information content (AvgIpc) is 2.37. The van der Waals surface area contributed by atoms with E-state index in [1.807, 2.05) is 11.9 Å². The molecule has 0 N–H and O–H groups in total. The quantitative estimate of drug-likeness (QED) is 0.735. The highest BCUT2D eigenvalue weighted by atomic mass is 16.2. The fourth-order valence-electron chi connectivity index (χ4n) is 3.75. The van der Waals surface area contributed by atoms with Crippen molar-refractivity contribution < 1.29 is 4.79 Å². The highest BCUT2D eigenvalue weighted by Crippen LogP contribution is 2.35. The van der Waals surface area contributed by atoms with E-state index in [1.165, 1.54) is 44.9 Å². The van der Waals surface area contributed by atoms with Gasteiger partial charge < -0.3 is 4.90 Å². The monoisotopic (exact) mass is 267 g/mol. The molecule has 1 fully saturated rings. The highest BCUT2D eigenvalue weighted by Gasteiger charge is 2.29. The zero-order chi connectivity index (χ0) is 14.4. The summed E-state index contributed by atoms with van der Waals surface area (Å²) in [7, 11) is 1.99. The Morgan fingerprint density at radius 3 is 2.42 bits per heavy atom. The summed E-state index contributed by atoms with van der Waals surface area (Å²) in [5.41, 5.74) is 0. The molecule has 0 spiro atoms. The first-order valence-corrected chi connectivity index (χ1v) is 8.22. The topological polar surface area (TPSA) is 20.3 Å². The number of carbonyl (C=O) groups excluding carboxylic acids is 1. The van der Waals surface area contributed by atoms with Crippen LogP contribution in [0.3, 0.4) is 0 Å². The van der Waals surface area contributed by atoms with Gasteiger partial charge in [-0.2, -0.15) is 0 Å². The molecule has 0 aromatic heterocycles. The summed E-state index contributed by atoms with van der Waals surface area (Å²) in [5.74, 6) is 2.73. The van der Waals surface area contributed by atoms with E-state index in [4.69, 9.17) is 0 Å². The molecule has 4 unspecified atom stereocenters. The van der Waals surface area contributed by atoms with Gasteiger partial charge in [0.05, 0.1) is 0 Å². The third-order valence-corrected chi connectivity index (χ3v) is 5.27. The Kier molecular flexibility index (Phi) is 6.88. The first-order valence-electron chi connectivity index (χ1n) is 8.22. The summed E-state index contributed by atoms with van der Waals surface area (Å²) >= 11 is 0. The largest absolute Gasteiger partial charge is 0.343 e. The van der Waals surface area contributed by atoms with Crippen molar-refractivity contribution in [3.63, 3.8) is 0 Å². The van der Waals surface area contributed by atoms with Gasteiger partial charge in [0.15, 0.2) is 0 Å². The van der Waals surface area contributed by atoms with Gasteiger partial charge in [0.1, 0.15) is 0 Å². The molecule has 1 amide bonds. The van der Waals surface area contributed by atoms with Gasteiger partial charge in [-0.25, -0.2) is 0 Å². The van der Waals surface area contributed by atoms with E-state index in [0.717, 1.165) is 17.8 Å². The van der Waals surface area contributed by atoms with Crippen molar-refractivity contribution in [2.24, 2.45) is 17.8 Å². The van der Waals surface area contributed by atoms with Crippen LogP contribution in [-0.2, 0) is 4.79 Å². The Bertz CT molecular complexity index is 276. The molecular formula is C17H33NO. The lowest BCUT2D eigenvalue weighted by Crippen LogP contribution is -2.39. The van der Waals surface area contributed by atoms with Crippen molar-refractivity contribution in [3.8, 4) is 0 Å². The molecule has 0 aromatic rings. The third kappa shape index (κ3) is 4.81. The smallest absolute Gasteiger partial charge is 0.219 e. The van der Waals surface area contributed by atoms with Gasteiger partial charge in [-0.1, -0.05) is 40.0 Å². The van der Waals surface area contributed by atoms with E-state index in [9.17, 15) is 4.79 Å². The van der Waals surface area contributed by atoms with Crippen LogP contribution in [-0.4, -0.2) is 23.9 Å². The molecule has 1 aliphatic rings. The van der Waals surface area contributed by atoms with Crippen LogP contribution < -0.4 is 0 Å². The van der Waals surface area contributed by atoms with Gasteiger partial charge in [-0.3, -0.25) is 4.79 Å². The number of hydrogen-bond donors (Lipinski definition) is 0. The molecule has 2 nitrogen and oxygen atoms in total. The zero-order valence-electron chi connectivity index (χ0n) is 13.6. The van der Waals surface area contributed by atoms with Crippen molar-refractivity contribution >= 4 is 5.91 Å². The van der Waals surface area contributed by atoms with Gasteiger partial charge in [0.25, 0.3) is 0 Å². The standard InChI is InChI=1S/C17H33NO/c1-6-8-16-9-10-17(18(5)14(4)19)12-15(7-2)11-13(16)3/h13,15-17H,6-12H2,1-5H3. The van der Waals surface area contributed by atoms with Gasteiger partial charge >= 0.3 is 0 Å². The van der Waals surface area contributed by atoms with Crippen LogP contribution in [0.15, 0.2) is 0 Å². The SMILES string of the molecule is CCCC1CCC(N(C)C(C)=O)CC(CC)CC1C. The van der Waals surface area contributed by atoms with Crippen LogP contribution in [0.5, 0.6) is 0 Å². The molecule has 2 heteroatoms. The van der Waals surface area contributed by atoms with Crippen molar-refractivity contribution in [2.75, 3.05) is 7.05 Å². The number of amides is 1. The molecule has 0 bridgehead atoms. The van der Waals surface area contributed by atoms with Crippen molar-refractivity contribution in [2.45, 2.75) is 78.7 Å². The average molecular weight is 267 g/mol. The fraction of sp³-hybridized carbons (Fsp3) is 0.941. The van der Waals surface area contributed by atoms with Crippen LogP contribution >= 0.6 is 0 Å². The lowest BCUT2D eigenvalue weighted by molar-refractivity contribution is -0.130. The third-order valence-electron chi connectivity index (χ3n) is 5.27. The Morgan fingerprint density at radius 2 is 1.89 bits per heavy atom. The highest BCUT2D eigenvalue weighted by molar-refractivity contribution is 5.73. The Labute approximate surface area is 119 Å². The second-order valence-electron chi connectivity index (χ2n) is 6.63. The Hall–Kier alpha value is -0.530. The molecule has 1 aliphatic carbocycles. The van der Waals surface area contributed by atoms with E-state index >= 15 is 0 Å². The van der Waals surface area contributed by atoms with E-state index in [-0.39, 0.29) is 5.91 Å². The van der Waals surface area contributed by atoms with Crippen LogP contribution in [0.1, 0.15) is 72.6 Å². The second-order valence-corrected chi connectivity index (χ2v) is 6.63. The van der Waals surface area contributed by atoms with Gasteiger partial charge in [-0.05, 0) is 43.4 Å². The number of carbonyl (C=O) groups is 1. The van der Waals surface area contributed by atoms with Crippen LogP contribution in [0, 0.1) is 17.8 Å². The molecule has 1 saturated carbocycles. The zero-order valence-corrected chi connectivity index (χ0v) is 13.6. The summed E-state index contributed by atoms with van der Waals surface area (Å²) < 4.78 is 0. The maximum atomic E-state index is 11.6. The predicted octanol–water partition coefficient (Wildman–Crippen LogP) is 4.49. The van der Waals surface area contributed by atoms with Gasteiger partial charge in [0, 0.05) is 20.0 Å². The molecule has 4 atom stereocenters. The molecule has 0 aromatic carbocycles. The van der Waals surface area contributed by atoms with Gasteiger partial charge in [-0.15, -0.1) is 0 Å². The second kappa shape index (κ2) is 7.91. The minimum absolute atomic E-state index is 0.223. The number of hydrogen-bond acceptors (Lipinski definition) is 1.